The molecule has 10 nitrogen and oxygen atoms in total. The lowest BCUT2D eigenvalue weighted by atomic mass is 9.95. The van der Waals surface area contributed by atoms with E-state index in [9.17, 15) is 14.7 Å². The minimum atomic E-state index is -1.08. The topological polar surface area (TPSA) is 124 Å². The minimum Gasteiger partial charge on any atom is -0.503 e. The summed E-state index contributed by atoms with van der Waals surface area (Å²) in [5.74, 6) is -0.148. The molecule has 260 valence electrons. The number of amides is 1. The van der Waals surface area contributed by atoms with Gasteiger partial charge in [-0.15, -0.1) is 10.2 Å². The number of Topliss-reactive ketones (excluding diaryl/α,β-unsaturated/α-hetero) is 1. The van der Waals surface area contributed by atoms with Crippen LogP contribution in [0.2, 0.25) is 0 Å². The van der Waals surface area contributed by atoms with Gasteiger partial charge >= 0.3 is 0 Å². The number of benzene rings is 4. The van der Waals surface area contributed by atoms with Gasteiger partial charge in [-0.05, 0) is 52.6 Å². The van der Waals surface area contributed by atoms with Crippen molar-refractivity contribution in [2.75, 3.05) is 25.7 Å². The number of carbonyl (C=O) groups excluding carboxylic acids is 2. The van der Waals surface area contributed by atoms with Gasteiger partial charge < -0.3 is 23.7 Å². The summed E-state index contributed by atoms with van der Waals surface area (Å²) in [6.07, 6.45) is 2.99. The fraction of sp³-hybridized carbons (Fsp3) is 0.231. The summed E-state index contributed by atoms with van der Waals surface area (Å²) in [6, 6.07) is 25.4. The molecule has 2 aromatic heterocycles. The summed E-state index contributed by atoms with van der Waals surface area (Å²) < 4.78 is 23.8. The largest absolute Gasteiger partial charge is 0.503 e. The lowest BCUT2D eigenvalue weighted by molar-refractivity contribution is -0.117. The van der Waals surface area contributed by atoms with Crippen LogP contribution < -0.4 is 19.1 Å². The van der Waals surface area contributed by atoms with Crippen molar-refractivity contribution >= 4 is 61.7 Å². The summed E-state index contributed by atoms with van der Waals surface area (Å²) in [6.45, 7) is 2.64. The third kappa shape index (κ3) is 6.64. The lowest BCUT2D eigenvalue weighted by Gasteiger charge is -2.24. The standard InChI is InChI=1S/C39H35N3O7S2/c1-4-5-8-19-48-28-18-17-24(20-30(28)47-3)33-32(34(43)31-21-25-13-10-16-29(46-2)36(25)49-31)35(44)37(45)42(33)38-40-41-39(51-38)50-22-26-14-9-12-23-11-6-7-15-27(23)26/h6-7,9-18,20-21,33,44H,4-5,8,19,22H2,1-3H3. The summed E-state index contributed by atoms with van der Waals surface area (Å²) in [7, 11) is 3.04. The Balaban J connectivity index is 1.25. The number of anilines is 1. The molecule has 0 bridgehead atoms. The number of furan rings is 1. The van der Waals surface area contributed by atoms with Gasteiger partial charge in [-0.1, -0.05) is 104 Å². The number of aliphatic hydroxyl groups is 1. The smallest absolute Gasteiger partial charge is 0.296 e. The van der Waals surface area contributed by atoms with Gasteiger partial charge in [0.05, 0.1) is 32.4 Å². The number of unbranched alkanes of at least 4 members (excludes halogenated alkanes) is 2. The van der Waals surface area contributed by atoms with Gasteiger partial charge in [0.1, 0.15) is 0 Å². The number of fused-ring (bicyclic) bond motifs is 2. The second-order valence-corrected chi connectivity index (χ2v) is 14.1. The number of hydrogen-bond acceptors (Lipinski definition) is 11. The first-order chi connectivity index (χ1) is 24.9. The van der Waals surface area contributed by atoms with E-state index in [2.05, 4.69) is 41.4 Å². The summed E-state index contributed by atoms with van der Waals surface area (Å²) in [5.41, 5.74) is 1.87. The molecule has 6 aromatic rings. The highest BCUT2D eigenvalue weighted by Gasteiger charge is 2.47. The molecule has 0 radical (unpaired) electrons. The summed E-state index contributed by atoms with van der Waals surface area (Å²) in [4.78, 5) is 29.6. The number of nitrogens with zero attached hydrogens (tertiary/aromatic N) is 3. The van der Waals surface area contributed by atoms with Gasteiger partial charge in [0, 0.05) is 11.1 Å². The van der Waals surface area contributed by atoms with E-state index < -0.39 is 23.5 Å². The Morgan fingerprint density at radius 2 is 1.71 bits per heavy atom. The number of thioether (sulfide) groups is 1. The van der Waals surface area contributed by atoms with Crippen LogP contribution >= 0.6 is 23.1 Å². The fourth-order valence-corrected chi connectivity index (χ4v) is 8.09. The van der Waals surface area contributed by atoms with Crippen molar-refractivity contribution in [2.24, 2.45) is 0 Å². The first-order valence-electron chi connectivity index (χ1n) is 16.5. The van der Waals surface area contributed by atoms with Crippen LogP contribution in [-0.4, -0.2) is 47.8 Å². The van der Waals surface area contributed by atoms with E-state index in [1.54, 1.807) is 42.5 Å². The second-order valence-electron chi connectivity index (χ2n) is 11.9. The van der Waals surface area contributed by atoms with Crippen LogP contribution in [0.5, 0.6) is 17.2 Å². The zero-order chi connectivity index (χ0) is 35.5. The Kier molecular flexibility index (Phi) is 9.96. The van der Waals surface area contributed by atoms with Gasteiger partial charge in [0.25, 0.3) is 5.91 Å². The number of methoxy groups -OCH3 is 2. The number of ketones is 1. The maximum atomic E-state index is 14.3. The van der Waals surface area contributed by atoms with E-state index in [-0.39, 0.29) is 16.5 Å². The average Bonchev–Trinajstić information content (AvgIpc) is 3.88. The lowest BCUT2D eigenvalue weighted by Crippen LogP contribution is -2.31. The number of aromatic nitrogens is 2. The Bertz CT molecular complexity index is 2270. The van der Waals surface area contributed by atoms with E-state index in [1.807, 2.05) is 18.2 Å². The van der Waals surface area contributed by atoms with Crippen LogP contribution in [-0.2, 0) is 10.5 Å². The van der Waals surface area contributed by atoms with Crippen molar-refractivity contribution in [1.29, 1.82) is 0 Å². The van der Waals surface area contributed by atoms with Crippen LogP contribution in [0.4, 0.5) is 5.13 Å². The zero-order valence-electron chi connectivity index (χ0n) is 28.3. The molecule has 1 unspecified atom stereocenters. The molecule has 0 aliphatic carbocycles. The van der Waals surface area contributed by atoms with Crippen LogP contribution in [0, 0.1) is 0 Å². The average molecular weight is 722 g/mol. The molecule has 0 spiro atoms. The molecule has 0 saturated heterocycles. The molecule has 1 aliphatic rings. The molecule has 1 N–H and O–H groups in total. The summed E-state index contributed by atoms with van der Waals surface area (Å²) in [5, 5.41) is 23.4. The summed E-state index contributed by atoms with van der Waals surface area (Å²) >= 11 is 2.70. The number of para-hydroxylation sites is 1. The van der Waals surface area contributed by atoms with Gasteiger partial charge in [-0.25, -0.2) is 0 Å². The van der Waals surface area contributed by atoms with Gasteiger partial charge in [-0.3, -0.25) is 14.5 Å². The van der Waals surface area contributed by atoms with Crippen molar-refractivity contribution in [3.8, 4) is 17.2 Å². The fourth-order valence-electron chi connectivity index (χ4n) is 6.22. The Morgan fingerprint density at radius 1 is 0.922 bits per heavy atom. The van der Waals surface area contributed by atoms with Gasteiger partial charge in [0.15, 0.2) is 38.7 Å². The molecular formula is C39H35N3O7S2. The van der Waals surface area contributed by atoms with E-state index in [4.69, 9.17) is 18.6 Å². The van der Waals surface area contributed by atoms with Crippen molar-refractivity contribution < 1.29 is 33.3 Å². The highest BCUT2D eigenvalue weighted by molar-refractivity contribution is 8.00. The van der Waals surface area contributed by atoms with Crippen molar-refractivity contribution in [3.05, 3.63) is 113 Å². The zero-order valence-corrected chi connectivity index (χ0v) is 29.9. The second kappa shape index (κ2) is 14.9. The highest BCUT2D eigenvalue weighted by atomic mass is 32.2. The monoisotopic (exact) mass is 721 g/mol. The van der Waals surface area contributed by atoms with E-state index >= 15 is 0 Å². The first-order valence-corrected chi connectivity index (χ1v) is 18.3. The Morgan fingerprint density at radius 3 is 2.53 bits per heavy atom. The molecule has 0 fully saturated rings. The molecule has 1 amide bonds. The highest BCUT2D eigenvalue weighted by Crippen LogP contribution is 2.46. The third-order valence-electron chi connectivity index (χ3n) is 8.75. The molecule has 1 atom stereocenters. The van der Waals surface area contributed by atoms with E-state index in [0.29, 0.717) is 50.5 Å². The maximum Gasteiger partial charge on any atom is 0.296 e. The normalized spacial score (nSPS) is 14.5. The van der Waals surface area contributed by atoms with Crippen LogP contribution in [0.25, 0.3) is 21.7 Å². The number of ether oxygens (including phenoxy) is 3. The van der Waals surface area contributed by atoms with Crippen molar-refractivity contribution in [3.63, 3.8) is 0 Å². The quantitative estimate of drug-likeness (QED) is 0.0504. The number of rotatable bonds is 14. The molecule has 3 heterocycles. The molecule has 0 saturated carbocycles. The maximum absolute atomic E-state index is 14.3. The minimum absolute atomic E-state index is 0.0536. The van der Waals surface area contributed by atoms with E-state index in [0.717, 1.165) is 35.6 Å². The van der Waals surface area contributed by atoms with Crippen molar-refractivity contribution in [2.45, 2.75) is 42.3 Å². The Hall–Kier alpha value is -5.33. The predicted octanol–water partition coefficient (Wildman–Crippen LogP) is 9.10. The van der Waals surface area contributed by atoms with E-state index in [1.165, 1.54) is 42.2 Å². The molecule has 7 rings (SSSR count). The van der Waals surface area contributed by atoms with Crippen molar-refractivity contribution in [1.82, 2.24) is 10.2 Å². The van der Waals surface area contributed by atoms with Gasteiger partial charge in [-0.2, -0.15) is 0 Å². The molecule has 12 heteroatoms. The Labute approximate surface area is 302 Å². The van der Waals surface area contributed by atoms with Crippen LogP contribution in [0.3, 0.4) is 0 Å². The van der Waals surface area contributed by atoms with Gasteiger partial charge in [0.2, 0.25) is 10.9 Å². The number of hydrogen-bond donors (Lipinski definition) is 1. The molecule has 4 aromatic carbocycles. The molecular weight excluding hydrogens is 687 g/mol. The number of carbonyl (C=O) groups is 2. The molecule has 1 aliphatic heterocycles. The third-order valence-corrected chi connectivity index (χ3v) is 10.9. The number of aliphatic hydroxyl groups excluding tert-OH is 1. The van der Waals surface area contributed by atoms with Crippen LogP contribution in [0.15, 0.2) is 105 Å². The first kappa shape index (κ1) is 34.1. The SMILES string of the molecule is CCCCCOc1ccc(C2C(C(=O)c3cc4cccc(OC)c4o3)=C(O)C(=O)N2c2nnc(SCc3cccc4ccccc34)s2)cc1OC. The van der Waals surface area contributed by atoms with Crippen LogP contribution in [0.1, 0.15) is 53.9 Å². The predicted molar refractivity (Wildman–Crippen MR) is 198 cm³/mol. The molecule has 51 heavy (non-hydrogen) atoms.